The lowest BCUT2D eigenvalue weighted by atomic mass is 9.86. The van der Waals surface area contributed by atoms with Crippen molar-refractivity contribution in [1.29, 1.82) is 0 Å². The molecule has 0 aliphatic heterocycles. The van der Waals surface area contributed by atoms with Crippen LogP contribution in [0.1, 0.15) is 19.6 Å². The van der Waals surface area contributed by atoms with Crippen molar-refractivity contribution >= 4 is 32.6 Å². The van der Waals surface area contributed by atoms with Crippen LogP contribution >= 0.6 is 0 Å². The molecule has 2 nitrogen and oxygen atoms in total. The highest BCUT2D eigenvalue weighted by Gasteiger charge is 2.17. The number of fused-ring (bicyclic) bond motifs is 3. The lowest BCUT2D eigenvalue weighted by molar-refractivity contribution is 0.908. The molecule has 0 unspecified atom stereocenters. The number of aryl methyl sites for hydroxylation is 1. The molecule has 37 heavy (non-hydrogen) atoms. The van der Waals surface area contributed by atoms with Crippen LogP contribution in [0, 0.1) is 0 Å². The van der Waals surface area contributed by atoms with E-state index in [1.165, 1.54) is 0 Å². The molecule has 1 aromatic heterocycles. The molecule has 0 aliphatic rings. The van der Waals surface area contributed by atoms with E-state index in [9.17, 15) is 0 Å². The van der Waals surface area contributed by atoms with Crippen LogP contribution in [0.15, 0.2) is 127 Å². The Hall–Kier alpha value is -4.69. The molecule has 0 saturated heterocycles. The first-order valence-corrected chi connectivity index (χ1v) is 12.5. The van der Waals surface area contributed by atoms with Gasteiger partial charge in [0.1, 0.15) is 5.82 Å². The second-order valence-corrected chi connectivity index (χ2v) is 9.09. The molecule has 0 N–H and O–H groups in total. The van der Waals surface area contributed by atoms with Gasteiger partial charge in [-0.15, -0.1) is 0 Å². The Morgan fingerprint density at radius 1 is 0.622 bits per heavy atom. The van der Waals surface area contributed by atoms with Gasteiger partial charge in [0.15, 0.2) is 0 Å². The molecule has 0 amide bonds. The molecule has 7 rings (SSSR count). The third kappa shape index (κ3) is 3.45. The average Bonchev–Trinajstić information content (AvgIpc) is 3.41. The first-order chi connectivity index (χ1) is 20.4. The van der Waals surface area contributed by atoms with Gasteiger partial charge in [0.25, 0.3) is 0 Å². The van der Waals surface area contributed by atoms with Gasteiger partial charge in [-0.25, -0.2) is 4.98 Å². The summed E-state index contributed by atoms with van der Waals surface area (Å²) in [7, 11) is 0. The van der Waals surface area contributed by atoms with E-state index in [1.54, 1.807) is 0 Å². The minimum Gasteiger partial charge on any atom is -0.296 e. The largest absolute Gasteiger partial charge is 0.296 e. The Balaban J connectivity index is 1.51. The van der Waals surface area contributed by atoms with E-state index in [0.717, 1.165) is 61.6 Å². The summed E-state index contributed by atoms with van der Waals surface area (Å²) < 4.78 is 44.4. The number of benzene rings is 6. The summed E-state index contributed by atoms with van der Waals surface area (Å²) in [5.41, 5.74) is 6.01. The first kappa shape index (κ1) is 16.9. The molecule has 0 radical (unpaired) electrons. The Labute approximate surface area is 223 Å². The number of hydrogen-bond donors (Lipinski definition) is 0. The second kappa shape index (κ2) is 8.76. The van der Waals surface area contributed by atoms with Gasteiger partial charge in [0.2, 0.25) is 0 Å². The molecular formula is C35H26N2. The number of nitrogens with zero attached hydrogens (tertiary/aromatic N) is 2. The predicted molar refractivity (Wildman–Crippen MR) is 156 cm³/mol. The van der Waals surface area contributed by atoms with Crippen molar-refractivity contribution in [3.8, 4) is 27.9 Å². The SMILES string of the molecule is [2H]c1c([2H])c([2H])c(-c2c3ccccc3c(-c3ccc(-n4c(CC)nc5ccccc54)cc3)c3ccccc23)c([2H])c1[2H]. The molecule has 0 atom stereocenters. The molecule has 1 heterocycles. The summed E-state index contributed by atoms with van der Waals surface area (Å²) in [5, 5.41) is 3.58. The van der Waals surface area contributed by atoms with Crippen molar-refractivity contribution in [3.05, 3.63) is 133 Å². The zero-order chi connectivity index (χ0) is 29.1. The van der Waals surface area contributed by atoms with Gasteiger partial charge in [0, 0.05) is 12.1 Å². The molecule has 7 aromatic rings. The van der Waals surface area contributed by atoms with Gasteiger partial charge >= 0.3 is 0 Å². The summed E-state index contributed by atoms with van der Waals surface area (Å²) in [6.07, 6.45) is 0.810. The maximum absolute atomic E-state index is 8.74. The first-order valence-electron chi connectivity index (χ1n) is 15.0. The number of para-hydroxylation sites is 2. The summed E-state index contributed by atoms with van der Waals surface area (Å²) in [4.78, 5) is 4.83. The van der Waals surface area contributed by atoms with E-state index in [-0.39, 0.29) is 29.7 Å². The van der Waals surface area contributed by atoms with Gasteiger partial charge in [-0.05, 0) is 68.1 Å². The summed E-state index contributed by atoms with van der Waals surface area (Å²) >= 11 is 0. The Morgan fingerprint density at radius 2 is 1.16 bits per heavy atom. The van der Waals surface area contributed by atoms with Crippen molar-refractivity contribution in [3.63, 3.8) is 0 Å². The van der Waals surface area contributed by atoms with Gasteiger partial charge < -0.3 is 0 Å². The summed E-state index contributed by atoms with van der Waals surface area (Å²) in [6, 6.07) is 31.0. The van der Waals surface area contributed by atoms with Gasteiger partial charge in [0.05, 0.1) is 17.9 Å². The van der Waals surface area contributed by atoms with Crippen LogP contribution in [0.3, 0.4) is 0 Å². The average molecular weight is 480 g/mol. The normalized spacial score (nSPS) is 13.4. The number of rotatable bonds is 4. The fraction of sp³-hybridized carbons (Fsp3) is 0.0571. The molecule has 2 heteroatoms. The number of hydrogen-bond acceptors (Lipinski definition) is 1. The molecule has 176 valence electrons. The number of aromatic nitrogens is 2. The van der Waals surface area contributed by atoms with E-state index in [4.69, 9.17) is 11.8 Å². The van der Waals surface area contributed by atoms with Crippen molar-refractivity contribution in [2.24, 2.45) is 0 Å². The van der Waals surface area contributed by atoms with Crippen LogP contribution < -0.4 is 0 Å². The second-order valence-electron chi connectivity index (χ2n) is 9.09. The maximum Gasteiger partial charge on any atom is 0.114 e. The smallest absolute Gasteiger partial charge is 0.114 e. The fourth-order valence-corrected chi connectivity index (χ4v) is 5.46. The van der Waals surface area contributed by atoms with Crippen molar-refractivity contribution in [2.75, 3.05) is 0 Å². The summed E-state index contributed by atoms with van der Waals surface area (Å²) in [6.45, 7) is 2.11. The monoisotopic (exact) mass is 479 g/mol. The van der Waals surface area contributed by atoms with Crippen LogP contribution in [-0.4, -0.2) is 9.55 Å². The Morgan fingerprint density at radius 3 is 1.76 bits per heavy atom. The molecule has 0 fully saturated rings. The van der Waals surface area contributed by atoms with Crippen LogP contribution in [-0.2, 0) is 6.42 Å². The zero-order valence-electron chi connectivity index (χ0n) is 25.3. The van der Waals surface area contributed by atoms with E-state index in [2.05, 4.69) is 41.8 Å². The third-order valence-corrected chi connectivity index (χ3v) is 7.04. The third-order valence-electron chi connectivity index (χ3n) is 7.04. The maximum atomic E-state index is 8.74. The standard InChI is InChI=1S/C35H26N2/c1-2-33-36-31-18-10-11-19-32(31)37(33)26-22-20-25(21-23-26)35-29-16-8-6-14-27(29)34(24-12-4-3-5-13-24)28-15-7-9-17-30(28)35/h3-23H,2H2,1H3/i3D,4D,5D,12D,13D. The van der Waals surface area contributed by atoms with E-state index >= 15 is 0 Å². The lowest BCUT2D eigenvalue weighted by Crippen LogP contribution is -2.00. The van der Waals surface area contributed by atoms with Gasteiger partial charge in [-0.3, -0.25) is 4.57 Å². The minimum absolute atomic E-state index is 0.201. The van der Waals surface area contributed by atoms with Crippen LogP contribution in [0.25, 0.3) is 60.5 Å². The predicted octanol–water partition coefficient (Wildman–Crippen LogP) is 9.23. The topological polar surface area (TPSA) is 17.8 Å². The zero-order valence-corrected chi connectivity index (χ0v) is 20.3. The van der Waals surface area contributed by atoms with Crippen molar-refractivity contribution in [2.45, 2.75) is 13.3 Å². The van der Waals surface area contributed by atoms with E-state index < -0.39 is 6.04 Å². The van der Waals surface area contributed by atoms with Crippen molar-refractivity contribution < 1.29 is 6.85 Å². The molecule has 0 saturated carbocycles. The van der Waals surface area contributed by atoms with Gasteiger partial charge in [-0.2, -0.15) is 0 Å². The molecular weight excluding hydrogens is 448 g/mol. The highest BCUT2D eigenvalue weighted by Crippen LogP contribution is 2.43. The van der Waals surface area contributed by atoms with Crippen LogP contribution in [0.2, 0.25) is 0 Å². The highest BCUT2D eigenvalue weighted by atomic mass is 15.1. The van der Waals surface area contributed by atoms with E-state index in [0.29, 0.717) is 5.56 Å². The molecule has 0 bridgehead atoms. The quantitative estimate of drug-likeness (QED) is 0.230. The Kier molecular flexibility index (Phi) is 4.00. The number of imidazole rings is 1. The summed E-state index contributed by atoms with van der Waals surface area (Å²) in [5.74, 6) is 1.00. The molecule has 0 spiro atoms. The van der Waals surface area contributed by atoms with E-state index in [1.807, 2.05) is 66.7 Å². The molecule has 0 aliphatic carbocycles. The minimum atomic E-state index is -0.393. The lowest BCUT2D eigenvalue weighted by Gasteiger charge is -2.18. The molecule has 6 aromatic carbocycles. The fourth-order valence-electron chi connectivity index (χ4n) is 5.46. The van der Waals surface area contributed by atoms with Gasteiger partial charge in [-0.1, -0.05) is 110 Å². The highest BCUT2D eigenvalue weighted by molar-refractivity contribution is 6.21. The van der Waals surface area contributed by atoms with Crippen molar-refractivity contribution in [1.82, 2.24) is 9.55 Å². The van der Waals surface area contributed by atoms with Crippen LogP contribution in [0.4, 0.5) is 0 Å². The van der Waals surface area contributed by atoms with Crippen LogP contribution in [0.5, 0.6) is 0 Å². The Bertz CT molecular complexity index is 2100.